The van der Waals surface area contributed by atoms with Crippen molar-refractivity contribution in [3.63, 3.8) is 0 Å². The van der Waals surface area contributed by atoms with Crippen LogP contribution < -0.4 is 20.1 Å². The molecule has 6 heteroatoms. The summed E-state index contributed by atoms with van der Waals surface area (Å²) in [6, 6.07) is 9.24. The van der Waals surface area contributed by atoms with Gasteiger partial charge in [-0.15, -0.1) is 6.58 Å². The van der Waals surface area contributed by atoms with Crippen molar-refractivity contribution >= 4 is 11.6 Å². The molecule has 132 valence electrons. The van der Waals surface area contributed by atoms with E-state index in [1.165, 1.54) is 0 Å². The number of pyridine rings is 1. The smallest absolute Gasteiger partial charge is 0.269 e. The topological polar surface area (TPSA) is 72.5 Å². The Labute approximate surface area is 147 Å². The van der Waals surface area contributed by atoms with Crippen LogP contribution in [0.25, 0.3) is 0 Å². The number of nitrogens with one attached hydrogen (secondary N) is 2. The van der Waals surface area contributed by atoms with Crippen LogP contribution in [0.3, 0.4) is 0 Å². The van der Waals surface area contributed by atoms with Crippen molar-refractivity contribution in [3.8, 4) is 11.5 Å². The molecule has 0 unspecified atom stereocenters. The first kappa shape index (κ1) is 18.3. The largest absolute Gasteiger partial charge is 0.493 e. The summed E-state index contributed by atoms with van der Waals surface area (Å²) in [5, 5.41) is 6.01. The molecule has 0 atom stereocenters. The predicted molar refractivity (Wildman–Crippen MR) is 98.5 cm³/mol. The second kappa shape index (κ2) is 9.32. The molecule has 0 bridgehead atoms. The number of nitrogens with zero attached hydrogens (tertiary/aromatic N) is 1. The molecule has 0 spiro atoms. The van der Waals surface area contributed by atoms with Crippen LogP contribution in [0.1, 0.15) is 16.1 Å². The summed E-state index contributed by atoms with van der Waals surface area (Å²) >= 11 is 0. The normalized spacial score (nSPS) is 10.0. The minimum Gasteiger partial charge on any atom is -0.493 e. The van der Waals surface area contributed by atoms with Gasteiger partial charge in [-0.1, -0.05) is 12.1 Å². The summed E-state index contributed by atoms with van der Waals surface area (Å²) < 4.78 is 10.5. The molecule has 0 aliphatic heterocycles. The van der Waals surface area contributed by atoms with Crippen molar-refractivity contribution in [2.45, 2.75) is 6.42 Å². The number of rotatable bonds is 9. The van der Waals surface area contributed by atoms with Crippen molar-refractivity contribution in [1.29, 1.82) is 0 Å². The lowest BCUT2D eigenvalue weighted by atomic mass is 10.1. The van der Waals surface area contributed by atoms with Gasteiger partial charge in [-0.2, -0.15) is 0 Å². The maximum atomic E-state index is 12.2. The molecule has 0 saturated carbocycles. The lowest BCUT2D eigenvalue weighted by molar-refractivity contribution is 0.0949. The molecule has 1 aromatic heterocycles. The Bertz CT molecular complexity index is 732. The Morgan fingerprint density at radius 2 is 2.00 bits per heavy atom. The third-order valence-corrected chi connectivity index (χ3v) is 3.59. The average molecular weight is 341 g/mol. The number of ether oxygens (including phenoxy) is 2. The highest BCUT2D eigenvalue weighted by Crippen LogP contribution is 2.27. The van der Waals surface area contributed by atoms with E-state index in [-0.39, 0.29) is 5.91 Å². The van der Waals surface area contributed by atoms with E-state index < -0.39 is 0 Å². The molecule has 0 fully saturated rings. The van der Waals surface area contributed by atoms with E-state index in [2.05, 4.69) is 22.2 Å². The molecule has 2 rings (SSSR count). The SMILES string of the molecule is C=CCNc1ccnc(C(=O)NCCc2ccc(OC)c(OC)c2)c1. The van der Waals surface area contributed by atoms with Crippen LogP contribution in [-0.2, 0) is 6.42 Å². The summed E-state index contributed by atoms with van der Waals surface area (Å²) in [7, 11) is 3.20. The Morgan fingerprint density at radius 3 is 2.72 bits per heavy atom. The first-order valence-electron chi connectivity index (χ1n) is 7.98. The van der Waals surface area contributed by atoms with Gasteiger partial charge in [-0.25, -0.2) is 0 Å². The minimum absolute atomic E-state index is 0.206. The third kappa shape index (κ3) is 5.24. The maximum Gasteiger partial charge on any atom is 0.269 e. The van der Waals surface area contributed by atoms with Gasteiger partial charge in [-0.3, -0.25) is 9.78 Å². The average Bonchev–Trinajstić information content (AvgIpc) is 2.66. The molecule has 25 heavy (non-hydrogen) atoms. The Kier molecular flexibility index (Phi) is 6.83. The first-order chi connectivity index (χ1) is 12.2. The van der Waals surface area contributed by atoms with Crippen molar-refractivity contribution < 1.29 is 14.3 Å². The summed E-state index contributed by atoms with van der Waals surface area (Å²) in [5.74, 6) is 1.15. The number of benzene rings is 1. The molecular formula is C19H23N3O3. The standard InChI is InChI=1S/C19H23N3O3/c1-4-9-20-15-8-11-21-16(13-15)19(23)22-10-7-14-5-6-17(24-2)18(12-14)25-3/h4-6,8,11-13H,1,7,9-10H2,2-3H3,(H,20,21)(H,22,23). The van der Waals surface area contributed by atoms with E-state index in [1.54, 1.807) is 32.6 Å². The molecule has 0 saturated heterocycles. The molecule has 1 heterocycles. The third-order valence-electron chi connectivity index (χ3n) is 3.59. The second-order valence-electron chi connectivity index (χ2n) is 5.29. The number of amides is 1. The van der Waals surface area contributed by atoms with Gasteiger partial charge in [0.05, 0.1) is 14.2 Å². The van der Waals surface area contributed by atoms with Gasteiger partial charge >= 0.3 is 0 Å². The lowest BCUT2D eigenvalue weighted by Gasteiger charge is -2.10. The van der Waals surface area contributed by atoms with Crippen molar-refractivity contribution in [3.05, 3.63) is 60.4 Å². The molecule has 2 aromatic rings. The van der Waals surface area contributed by atoms with Crippen LogP contribution in [0, 0.1) is 0 Å². The van der Waals surface area contributed by atoms with Crippen LogP contribution in [0.2, 0.25) is 0 Å². The Hall–Kier alpha value is -3.02. The molecule has 1 aromatic carbocycles. The van der Waals surface area contributed by atoms with E-state index in [4.69, 9.17) is 9.47 Å². The van der Waals surface area contributed by atoms with Crippen LogP contribution in [-0.4, -0.2) is 38.2 Å². The fraction of sp³-hybridized carbons (Fsp3) is 0.263. The van der Waals surface area contributed by atoms with Crippen LogP contribution >= 0.6 is 0 Å². The first-order valence-corrected chi connectivity index (χ1v) is 7.98. The van der Waals surface area contributed by atoms with E-state index in [0.29, 0.717) is 36.7 Å². The van der Waals surface area contributed by atoms with Crippen molar-refractivity contribution in [1.82, 2.24) is 10.3 Å². The van der Waals surface area contributed by atoms with Gasteiger partial charge in [0.15, 0.2) is 11.5 Å². The maximum absolute atomic E-state index is 12.2. The number of aromatic nitrogens is 1. The zero-order valence-electron chi connectivity index (χ0n) is 14.5. The van der Waals surface area contributed by atoms with E-state index in [9.17, 15) is 4.79 Å². The van der Waals surface area contributed by atoms with Crippen molar-refractivity contribution in [2.24, 2.45) is 0 Å². The fourth-order valence-electron chi connectivity index (χ4n) is 2.30. The van der Waals surface area contributed by atoms with Gasteiger partial charge in [0.1, 0.15) is 5.69 Å². The number of carbonyl (C=O) groups is 1. The fourth-order valence-corrected chi connectivity index (χ4v) is 2.30. The lowest BCUT2D eigenvalue weighted by Crippen LogP contribution is -2.26. The second-order valence-corrected chi connectivity index (χ2v) is 5.29. The quantitative estimate of drug-likeness (QED) is 0.686. The van der Waals surface area contributed by atoms with Gasteiger partial charge < -0.3 is 20.1 Å². The molecule has 1 amide bonds. The minimum atomic E-state index is -0.206. The Morgan fingerprint density at radius 1 is 1.20 bits per heavy atom. The van der Waals surface area contributed by atoms with Crippen molar-refractivity contribution in [2.75, 3.05) is 32.6 Å². The highest BCUT2D eigenvalue weighted by molar-refractivity contribution is 5.93. The van der Waals surface area contributed by atoms with Crippen LogP contribution in [0.15, 0.2) is 49.2 Å². The molecule has 0 radical (unpaired) electrons. The van der Waals surface area contributed by atoms with Gasteiger partial charge in [-0.05, 0) is 36.2 Å². The number of methoxy groups -OCH3 is 2. The van der Waals surface area contributed by atoms with Crippen LogP contribution in [0.5, 0.6) is 11.5 Å². The number of carbonyl (C=O) groups excluding carboxylic acids is 1. The number of hydrogen-bond donors (Lipinski definition) is 2. The highest BCUT2D eigenvalue weighted by atomic mass is 16.5. The summed E-state index contributed by atoms with van der Waals surface area (Å²) in [6.45, 7) is 4.78. The molecule has 0 aliphatic rings. The van der Waals surface area contributed by atoms with Gasteiger partial charge in [0.2, 0.25) is 0 Å². The van der Waals surface area contributed by atoms with Crippen LogP contribution in [0.4, 0.5) is 5.69 Å². The summed E-state index contributed by atoms with van der Waals surface area (Å²) in [4.78, 5) is 16.3. The van der Waals surface area contributed by atoms with Gasteiger partial charge in [0.25, 0.3) is 5.91 Å². The zero-order chi connectivity index (χ0) is 18.1. The van der Waals surface area contributed by atoms with E-state index >= 15 is 0 Å². The Balaban J connectivity index is 1.91. The predicted octanol–water partition coefficient (Wildman–Crippen LogP) is 2.67. The molecule has 2 N–H and O–H groups in total. The molecule has 6 nitrogen and oxygen atoms in total. The van der Waals surface area contributed by atoms with E-state index in [1.807, 2.05) is 24.3 Å². The summed E-state index contributed by atoms with van der Waals surface area (Å²) in [6.07, 6.45) is 4.04. The zero-order valence-corrected chi connectivity index (χ0v) is 14.5. The molecule has 0 aliphatic carbocycles. The van der Waals surface area contributed by atoms with Gasteiger partial charge in [0, 0.05) is 25.0 Å². The highest BCUT2D eigenvalue weighted by Gasteiger charge is 2.08. The number of hydrogen-bond acceptors (Lipinski definition) is 5. The monoisotopic (exact) mass is 341 g/mol. The molecular weight excluding hydrogens is 318 g/mol. The number of anilines is 1. The van der Waals surface area contributed by atoms with E-state index in [0.717, 1.165) is 11.3 Å². The summed E-state index contributed by atoms with van der Waals surface area (Å²) in [5.41, 5.74) is 2.26.